The molecule has 15 heavy (non-hydrogen) atoms. The summed E-state index contributed by atoms with van der Waals surface area (Å²) < 4.78 is 36.6. The van der Waals surface area contributed by atoms with Crippen LogP contribution in [0.2, 0.25) is 0 Å². The zero-order valence-corrected chi connectivity index (χ0v) is 9.64. The molecule has 0 heterocycles. The van der Waals surface area contributed by atoms with Gasteiger partial charge in [0.15, 0.2) is 0 Å². The van der Waals surface area contributed by atoms with E-state index in [0.717, 1.165) is 6.42 Å². The highest BCUT2D eigenvalue weighted by Crippen LogP contribution is 2.18. The largest absolute Gasteiger partial charge is 0.401 e. The first-order valence-corrected chi connectivity index (χ1v) is 5.32. The third-order valence-electron chi connectivity index (χ3n) is 2.42. The monoisotopic (exact) mass is 226 g/mol. The van der Waals surface area contributed by atoms with Gasteiger partial charge in [0.25, 0.3) is 0 Å². The summed E-state index contributed by atoms with van der Waals surface area (Å²) in [6.07, 6.45) is -2.71. The molecule has 2 nitrogen and oxygen atoms in total. The third-order valence-corrected chi connectivity index (χ3v) is 2.42. The number of alkyl halides is 3. The van der Waals surface area contributed by atoms with Crippen LogP contribution in [0.15, 0.2) is 0 Å². The lowest BCUT2D eigenvalue weighted by Crippen LogP contribution is -2.41. The number of hydrogen-bond donors (Lipinski definition) is 1. The average molecular weight is 226 g/mol. The number of nitrogens with two attached hydrogens (primary N) is 1. The fourth-order valence-corrected chi connectivity index (χ4v) is 1.29. The standard InChI is InChI=1S/C10H21F3N2/c1-4-9(14)5-6-15(8(2)3)7-10(11,12)13/h8-9H,4-7,14H2,1-3H3. The molecule has 0 aromatic heterocycles. The van der Waals surface area contributed by atoms with E-state index in [4.69, 9.17) is 5.73 Å². The SMILES string of the molecule is CCC(N)CCN(CC(F)(F)F)C(C)C. The first-order chi connectivity index (χ1) is 6.76. The highest BCUT2D eigenvalue weighted by molar-refractivity contribution is 4.70. The molecule has 0 aromatic carbocycles. The smallest absolute Gasteiger partial charge is 0.328 e. The summed E-state index contributed by atoms with van der Waals surface area (Å²) in [5.41, 5.74) is 5.68. The Morgan fingerprint density at radius 3 is 2.13 bits per heavy atom. The van der Waals surface area contributed by atoms with Crippen LogP contribution >= 0.6 is 0 Å². The van der Waals surface area contributed by atoms with E-state index in [1.54, 1.807) is 13.8 Å². The van der Waals surface area contributed by atoms with Gasteiger partial charge in [0.1, 0.15) is 0 Å². The van der Waals surface area contributed by atoms with Gasteiger partial charge in [-0.3, -0.25) is 4.90 Å². The van der Waals surface area contributed by atoms with Crippen molar-refractivity contribution in [3.05, 3.63) is 0 Å². The molecule has 0 fully saturated rings. The van der Waals surface area contributed by atoms with Crippen LogP contribution in [0, 0.1) is 0 Å². The molecular formula is C10H21F3N2. The van der Waals surface area contributed by atoms with Crippen LogP contribution in [0.3, 0.4) is 0 Å². The van der Waals surface area contributed by atoms with E-state index in [1.807, 2.05) is 6.92 Å². The van der Waals surface area contributed by atoms with Gasteiger partial charge in [0.05, 0.1) is 6.54 Å². The van der Waals surface area contributed by atoms with Gasteiger partial charge in [-0.2, -0.15) is 13.2 Å². The lowest BCUT2D eigenvalue weighted by atomic mass is 10.1. The van der Waals surface area contributed by atoms with Crippen LogP contribution in [-0.4, -0.2) is 36.2 Å². The van der Waals surface area contributed by atoms with Crippen molar-refractivity contribution in [1.82, 2.24) is 4.90 Å². The molecule has 5 heteroatoms. The molecule has 1 atom stereocenters. The summed E-state index contributed by atoms with van der Waals surface area (Å²) >= 11 is 0. The lowest BCUT2D eigenvalue weighted by Gasteiger charge is -2.28. The predicted octanol–water partition coefficient (Wildman–Crippen LogP) is 2.39. The molecule has 0 radical (unpaired) electrons. The second kappa shape index (κ2) is 6.33. The fraction of sp³-hybridized carbons (Fsp3) is 1.00. The van der Waals surface area contributed by atoms with E-state index in [2.05, 4.69) is 0 Å². The van der Waals surface area contributed by atoms with Crippen LogP contribution < -0.4 is 5.73 Å². The Hall–Kier alpha value is -0.290. The van der Waals surface area contributed by atoms with Crippen LogP contribution in [0.4, 0.5) is 13.2 Å². The molecule has 0 aliphatic carbocycles. The maximum atomic E-state index is 12.2. The Kier molecular flexibility index (Phi) is 6.20. The summed E-state index contributed by atoms with van der Waals surface area (Å²) in [6, 6.07) is -0.102. The van der Waals surface area contributed by atoms with Gasteiger partial charge in [-0.25, -0.2) is 0 Å². The van der Waals surface area contributed by atoms with E-state index in [1.165, 1.54) is 4.90 Å². The number of rotatable bonds is 6. The van der Waals surface area contributed by atoms with E-state index >= 15 is 0 Å². The Labute approximate surface area is 89.6 Å². The Morgan fingerprint density at radius 2 is 1.80 bits per heavy atom. The summed E-state index contributed by atoms with van der Waals surface area (Å²) in [5, 5.41) is 0. The van der Waals surface area contributed by atoms with Gasteiger partial charge in [0.2, 0.25) is 0 Å². The van der Waals surface area contributed by atoms with E-state index in [0.29, 0.717) is 13.0 Å². The van der Waals surface area contributed by atoms with Crippen molar-refractivity contribution in [2.45, 2.75) is 51.9 Å². The van der Waals surface area contributed by atoms with E-state index in [-0.39, 0.29) is 12.1 Å². The molecule has 92 valence electrons. The molecule has 0 aliphatic rings. The van der Waals surface area contributed by atoms with E-state index in [9.17, 15) is 13.2 Å². The van der Waals surface area contributed by atoms with Gasteiger partial charge in [-0.1, -0.05) is 6.92 Å². The zero-order valence-electron chi connectivity index (χ0n) is 9.64. The van der Waals surface area contributed by atoms with Crippen molar-refractivity contribution in [3.8, 4) is 0 Å². The summed E-state index contributed by atoms with van der Waals surface area (Å²) in [4.78, 5) is 1.41. The second-order valence-corrected chi connectivity index (χ2v) is 4.14. The van der Waals surface area contributed by atoms with Crippen LogP contribution in [-0.2, 0) is 0 Å². The van der Waals surface area contributed by atoms with Gasteiger partial charge >= 0.3 is 6.18 Å². The van der Waals surface area contributed by atoms with Crippen molar-refractivity contribution in [3.63, 3.8) is 0 Å². The highest BCUT2D eigenvalue weighted by Gasteiger charge is 2.31. The third kappa shape index (κ3) is 7.62. The summed E-state index contributed by atoms with van der Waals surface area (Å²) in [5.74, 6) is 0. The van der Waals surface area contributed by atoms with Crippen molar-refractivity contribution < 1.29 is 13.2 Å². The Balaban J connectivity index is 4.06. The minimum atomic E-state index is -4.12. The predicted molar refractivity (Wildman–Crippen MR) is 55.6 cm³/mol. The average Bonchev–Trinajstić information content (AvgIpc) is 2.09. The van der Waals surface area contributed by atoms with Crippen LogP contribution in [0.5, 0.6) is 0 Å². The summed E-state index contributed by atoms with van der Waals surface area (Å²) in [7, 11) is 0. The molecule has 1 unspecified atom stereocenters. The zero-order chi connectivity index (χ0) is 12.1. The molecule has 0 amide bonds. The molecule has 0 rings (SSSR count). The van der Waals surface area contributed by atoms with Crippen molar-refractivity contribution >= 4 is 0 Å². The van der Waals surface area contributed by atoms with E-state index < -0.39 is 12.7 Å². The number of nitrogens with zero attached hydrogens (tertiary/aromatic N) is 1. The molecule has 0 bridgehead atoms. The minimum Gasteiger partial charge on any atom is -0.328 e. The molecule has 2 N–H and O–H groups in total. The molecule has 0 spiro atoms. The Morgan fingerprint density at radius 1 is 1.27 bits per heavy atom. The normalized spacial score (nSPS) is 15.0. The first kappa shape index (κ1) is 14.7. The van der Waals surface area contributed by atoms with Gasteiger partial charge < -0.3 is 5.73 Å². The molecule has 0 saturated carbocycles. The maximum absolute atomic E-state index is 12.2. The quantitative estimate of drug-likeness (QED) is 0.753. The van der Waals surface area contributed by atoms with Gasteiger partial charge in [-0.15, -0.1) is 0 Å². The van der Waals surface area contributed by atoms with Crippen molar-refractivity contribution in [2.24, 2.45) is 5.73 Å². The second-order valence-electron chi connectivity index (χ2n) is 4.14. The molecule has 0 aliphatic heterocycles. The van der Waals surface area contributed by atoms with Gasteiger partial charge in [-0.05, 0) is 26.7 Å². The number of hydrogen-bond acceptors (Lipinski definition) is 2. The minimum absolute atomic E-state index is 0.000478. The van der Waals surface area contributed by atoms with Gasteiger partial charge in [0, 0.05) is 18.6 Å². The maximum Gasteiger partial charge on any atom is 0.401 e. The first-order valence-electron chi connectivity index (χ1n) is 5.32. The topological polar surface area (TPSA) is 29.3 Å². The highest BCUT2D eigenvalue weighted by atomic mass is 19.4. The molecule has 0 aromatic rings. The fourth-order valence-electron chi connectivity index (χ4n) is 1.29. The molecular weight excluding hydrogens is 205 g/mol. The molecule has 0 saturated heterocycles. The van der Waals surface area contributed by atoms with Crippen LogP contribution in [0.1, 0.15) is 33.6 Å². The van der Waals surface area contributed by atoms with Crippen LogP contribution in [0.25, 0.3) is 0 Å². The van der Waals surface area contributed by atoms with Crippen molar-refractivity contribution in [1.29, 1.82) is 0 Å². The van der Waals surface area contributed by atoms with Crippen molar-refractivity contribution in [2.75, 3.05) is 13.1 Å². The number of halogens is 3. The Bertz CT molecular complexity index is 169. The summed E-state index contributed by atoms with van der Waals surface area (Å²) in [6.45, 7) is 5.04. The lowest BCUT2D eigenvalue weighted by molar-refractivity contribution is -0.149.